The number of nitrogens with two attached hydrogens (primary N) is 1. The molecule has 6 N–H and O–H groups in total. The summed E-state index contributed by atoms with van der Waals surface area (Å²) < 4.78 is 0. The second-order valence-electron chi connectivity index (χ2n) is 13.0. The Kier molecular flexibility index (Phi) is 12.2. The lowest BCUT2D eigenvalue weighted by molar-refractivity contribution is -0.130. The van der Waals surface area contributed by atoms with Crippen LogP contribution in [0.1, 0.15) is 53.7 Å². The molecule has 1 fully saturated rings. The Morgan fingerprint density at radius 2 is 1.71 bits per heavy atom. The van der Waals surface area contributed by atoms with Gasteiger partial charge in [0.2, 0.25) is 17.6 Å². The maximum Gasteiger partial charge on any atom is 0.269 e. The lowest BCUT2D eigenvalue weighted by atomic mass is 9.81. The van der Waals surface area contributed by atoms with Crippen LogP contribution in [0.2, 0.25) is 0 Å². The van der Waals surface area contributed by atoms with Crippen LogP contribution in [-0.4, -0.2) is 88.0 Å². The van der Waals surface area contributed by atoms with Crippen LogP contribution in [0.15, 0.2) is 60.8 Å². The van der Waals surface area contributed by atoms with Crippen LogP contribution >= 0.6 is 0 Å². The van der Waals surface area contributed by atoms with Crippen molar-refractivity contribution in [2.45, 2.75) is 51.5 Å². The molecule has 2 aromatic carbocycles. The van der Waals surface area contributed by atoms with Crippen LogP contribution in [0.3, 0.4) is 0 Å². The molecule has 0 radical (unpaired) electrons. The predicted octanol–water partition coefficient (Wildman–Crippen LogP) is 3.35. The molecule has 0 bridgehead atoms. The zero-order valence-corrected chi connectivity index (χ0v) is 28.4. The van der Waals surface area contributed by atoms with Crippen molar-refractivity contribution >= 4 is 23.4 Å². The Balaban J connectivity index is 1.26. The number of carbonyl (C=O) groups excluding carboxylic acids is 3. The molecule has 2 aromatic heterocycles. The Labute approximate surface area is 286 Å². The van der Waals surface area contributed by atoms with E-state index in [1.54, 1.807) is 36.5 Å². The second-order valence-corrected chi connectivity index (χ2v) is 13.0. The second kappa shape index (κ2) is 16.9. The first-order chi connectivity index (χ1) is 23.7. The number of pyridine rings is 1. The molecule has 13 nitrogen and oxygen atoms in total. The lowest BCUT2D eigenvalue weighted by Crippen LogP contribution is -2.48. The van der Waals surface area contributed by atoms with Crippen molar-refractivity contribution in [2.24, 2.45) is 17.6 Å². The van der Waals surface area contributed by atoms with Gasteiger partial charge in [0, 0.05) is 41.9 Å². The summed E-state index contributed by atoms with van der Waals surface area (Å²) in [7, 11) is 4.01. The van der Waals surface area contributed by atoms with Gasteiger partial charge in [0.25, 0.3) is 5.91 Å². The number of hydrogen-bond acceptors (Lipinski definition) is 9. The third kappa shape index (κ3) is 9.77. The minimum absolute atomic E-state index is 0.108. The normalized spacial score (nSPS) is 16.6. The van der Waals surface area contributed by atoms with E-state index >= 15 is 0 Å². The van der Waals surface area contributed by atoms with Crippen LogP contribution < -0.4 is 21.7 Å². The quantitative estimate of drug-likeness (QED) is 0.126. The average Bonchev–Trinajstić information content (AvgIpc) is 3.66. The number of nitrogens with one attached hydrogen (secondary N) is 4. The van der Waals surface area contributed by atoms with Gasteiger partial charge in [-0.2, -0.15) is 5.21 Å². The Morgan fingerprint density at radius 1 is 1.00 bits per heavy atom. The minimum atomic E-state index is -0.790. The maximum atomic E-state index is 13.7. The molecule has 1 saturated carbocycles. The zero-order valence-electron chi connectivity index (χ0n) is 28.4. The van der Waals surface area contributed by atoms with Gasteiger partial charge in [-0.1, -0.05) is 24.3 Å². The van der Waals surface area contributed by atoms with Crippen molar-refractivity contribution in [3.05, 3.63) is 77.6 Å². The molecule has 3 amide bonds. The maximum absolute atomic E-state index is 13.7. The largest absolute Gasteiger partial charge is 0.351 e. The molecule has 1 atom stereocenters. The number of hydrogen-bond donors (Lipinski definition) is 5. The highest BCUT2D eigenvalue weighted by atomic mass is 16.2. The molecule has 4 aromatic rings. The molecule has 13 heteroatoms. The number of anilines is 1. The summed E-state index contributed by atoms with van der Waals surface area (Å²) in [6, 6.07) is 16.0. The minimum Gasteiger partial charge on any atom is -0.351 e. The summed E-state index contributed by atoms with van der Waals surface area (Å²) in [5, 5.41) is 22.9. The summed E-state index contributed by atoms with van der Waals surface area (Å²) in [5.74, 6) is 0.148. The number of rotatable bonds is 14. The number of H-pyrrole nitrogens is 1. The van der Waals surface area contributed by atoms with E-state index in [-0.39, 0.29) is 23.6 Å². The van der Waals surface area contributed by atoms with Crippen molar-refractivity contribution in [1.29, 1.82) is 0 Å². The third-order valence-corrected chi connectivity index (χ3v) is 9.06. The fourth-order valence-electron chi connectivity index (χ4n) is 6.10. The van der Waals surface area contributed by atoms with Crippen LogP contribution in [0.25, 0.3) is 22.5 Å². The molecule has 1 aliphatic rings. The first-order valence-corrected chi connectivity index (χ1v) is 16.8. The highest BCUT2D eigenvalue weighted by molar-refractivity contribution is 5.98. The standard InChI is InChI=1S/C36H46N10O3/c1-23-19-31(35(48)38-17-4-18-46(2)3)39-22-30(23)26-9-5-24(6-10-26)20-32(41-34(47)28-11-7-25(21-37)8-12-28)36(49)40-29-15-13-27(14-16-29)33-42-44-45-43-33/h5-6,9-10,13-16,19,22,25,28,32H,4,7-8,11-12,17-18,20-21,37H2,1-3H3,(H,38,48)(H,40,49)(H,41,47)(H,42,43,44,45)/t25?,28?,32-/m0/s1. The summed E-state index contributed by atoms with van der Waals surface area (Å²) in [6.45, 7) is 4.07. The number of amides is 3. The molecule has 258 valence electrons. The first-order valence-electron chi connectivity index (χ1n) is 16.8. The van der Waals surface area contributed by atoms with Gasteiger partial charge in [-0.25, -0.2) is 0 Å². The summed E-state index contributed by atoms with van der Waals surface area (Å²) >= 11 is 0. The number of tetrazole rings is 1. The smallest absolute Gasteiger partial charge is 0.269 e. The molecule has 0 saturated heterocycles. The number of aryl methyl sites for hydroxylation is 1. The third-order valence-electron chi connectivity index (χ3n) is 9.06. The van der Waals surface area contributed by atoms with Crippen LogP contribution in [0.4, 0.5) is 5.69 Å². The Hall–Kier alpha value is -5.01. The molecule has 0 aliphatic heterocycles. The molecule has 5 rings (SSSR count). The molecule has 1 aliphatic carbocycles. The topological polar surface area (TPSA) is 184 Å². The van der Waals surface area contributed by atoms with E-state index in [0.717, 1.165) is 66.5 Å². The average molecular weight is 667 g/mol. The number of aromatic nitrogens is 5. The molecule has 2 heterocycles. The number of aromatic amines is 1. The van der Waals surface area contributed by atoms with E-state index in [2.05, 4.69) is 46.5 Å². The van der Waals surface area contributed by atoms with Gasteiger partial charge in [0.1, 0.15) is 11.7 Å². The van der Waals surface area contributed by atoms with E-state index in [1.165, 1.54) is 0 Å². The number of benzene rings is 2. The predicted molar refractivity (Wildman–Crippen MR) is 188 cm³/mol. The molecule has 0 spiro atoms. The zero-order chi connectivity index (χ0) is 34.8. The fraction of sp³-hybridized carbons (Fsp3) is 0.417. The van der Waals surface area contributed by atoms with E-state index in [9.17, 15) is 14.4 Å². The summed E-state index contributed by atoms with van der Waals surface area (Å²) in [4.78, 5) is 46.2. The van der Waals surface area contributed by atoms with Crippen molar-refractivity contribution in [3.63, 3.8) is 0 Å². The lowest BCUT2D eigenvalue weighted by Gasteiger charge is -2.28. The van der Waals surface area contributed by atoms with Gasteiger partial charge in [-0.15, -0.1) is 10.2 Å². The van der Waals surface area contributed by atoms with Gasteiger partial charge in [-0.3, -0.25) is 19.4 Å². The SMILES string of the molecule is Cc1cc(C(=O)NCCCN(C)C)ncc1-c1ccc(C[C@H](NC(=O)C2CCC(CN)CC2)C(=O)Nc2ccc(-c3nn[nH]n3)cc2)cc1. The van der Waals surface area contributed by atoms with Gasteiger partial charge in [0.15, 0.2) is 0 Å². The number of carbonyl (C=O) groups is 3. The highest BCUT2D eigenvalue weighted by Crippen LogP contribution is 2.29. The van der Waals surface area contributed by atoms with Crippen molar-refractivity contribution in [2.75, 3.05) is 39.0 Å². The Morgan fingerprint density at radius 3 is 2.35 bits per heavy atom. The fourth-order valence-corrected chi connectivity index (χ4v) is 6.10. The van der Waals surface area contributed by atoms with E-state index in [0.29, 0.717) is 42.6 Å². The van der Waals surface area contributed by atoms with Crippen molar-refractivity contribution < 1.29 is 14.4 Å². The van der Waals surface area contributed by atoms with Gasteiger partial charge in [0.05, 0.1) is 0 Å². The summed E-state index contributed by atoms with van der Waals surface area (Å²) in [5.41, 5.74) is 11.3. The van der Waals surface area contributed by atoms with Gasteiger partial charge in [-0.05, 0) is 124 Å². The van der Waals surface area contributed by atoms with E-state index in [1.807, 2.05) is 45.3 Å². The molecule has 49 heavy (non-hydrogen) atoms. The summed E-state index contributed by atoms with van der Waals surface area (Å²) in [6.07, 6.45) is 6.24. The molecular weight excluding hydrogens is 620 g/mol. The highest BCUT2D eigenvalue weighted by Gasteiger charge is 2.29. The van der Waals surface area contributed by atoms with Crippen molar-refractivity contribution in [1.82, 2.24) is 41.1 Å². The number of nitrogens with zero attached hydrogens (tertiary/aromatic N) is 5. The van der Waals surface area contributed by atoms with Gasteiger partial charge < -0.3 is 26.6 Å². The first kappa shape index (κ1) is 35.3. The van der Waals surface area contributed by atoms with Crippen LogP contribution in [0, 0.1) is 18.8 Å². The van der Waals surface area contributed by atoms with E-state index in [4.69, 9.17) is 5.73 Å². The van der Waals surface area contributed by atoms with Crippen LogP contribution in [-0.2, 0) is 16.0 Å². The van der Waals surface area contributed by atoms with E-state index < -0.39 is 6.04 Å². The monoisotopic (exact) mass is 666 g/mol. The van der Waals surface area contributed by atoms with Crippen LogP contribution in [0.5, 0.6) is 0 Å². The van der Waals surface area contributed by atoms with Crippen molar-refractivity contribution in [3.8, 4) is 22.5 Å². The Bertz CT molecular complexity index is 1680. The van der Waals surface area contributed by atoms with Gasteiger partial charge >= 0.3 is 0 Å². The molecular formula is C36H46N10O3. The molecule has 0 unspecified atom stereocenters.